The van der Waals surface area contributed by atoms with Crippen LogP contribution in [0.2, 0.25) is 0 Å². The summed E-state index contributed by atoms with van der Waals surface area (Å²) in [6.45, 7) is 2.00. The molecule has 2 unspecified atom stereocenters. The van der Waals surface area contributed by atoms with Gasteiger partial charge in [0.1, 0.15) is 11.6 Å². The van der Waals surface area contributed by atoms with E-state index in [2.05, 4.69) is 16.7 Å². The maximum atomic E-state index is 13.1. The third kappa shape index (κ3) is 5.53. The lowest BCUT2D eigenvalue weighted by Crippen LogP contribution is -2.58. The van der Waals surface area contributed by atoms with Gasteiger partial charge in [0.05, 0.1) is 25.8 Å². The van der Waals surface area contributed by atoms with Gasteiger partial charge in [-0.05, 0) is 12.3 Å². The largest absolute Gasteiger partial charge is 0.465 e. The van der Waals surface area contributed by atoms with E-state index in [1.165, 1.54) is 6.42 Å². The van der Waals surface area contributed by atoms with Gasteiger partial charge in [0.25, 0.3) is 0 Å². The maximum Gasteiger partial charge on any atom is 0.407 e. The highest BCUT2D eigenvalue weighted by atomic mass is 16.5. The highest BCUT2D eigenvalue weighted by Gasteiger charge is 2.43. The number of likely N-dealkylation sites (tertiary alicyclic amines) is 1. The van der Waals surface area contributed by atoms with E-state index >= 15 is 0 Å². The second-order valence-corrected chi connectivity index (χ2v) is 8.48. The Labute approximate surface area is 176 Å². The van der Waals surface area contributed by atoms with Crippen molar-refractivity contribution in [1.29, 1.82) is 5.26 Å². The quantitative estimate of drug-likeness (QED) is 0.609. The molecule has 2 atom stereocenters. The highest BCUT2D eigenvalue weighted by Crippen LogP contribution is 2.28. The van der Waals surface area contributed by atoms with Crippen LogP contribution in [0.4, 0.5) is 9.59 Å². The van der Waals surface area contributed by atoms with Crippen molar-refractivity contribution in [3.05, 3.63) is 0 Å². The molecule has 10 heteroatoms. The zero-order valence-corrected chi connectivity index (χ0v) is 17.3. The van der Waals surface area contributed by atoms with E-state index < -0.39 is 23.6 Å². The normalized spacial score (nSPS) is 26.0. The van der Waals surface area contributed by atoms with Crippen molar-refractivity contribution >= 4 is 18.0 Å². The summed E-state index contributed by atoms with van der Waals surface area (Å²) in [4.78, 5) is 39.9. The first-order valence-electron chi connectivity index (χ1n) is 10.8. The summed E-state index contributed by atoms with van der Waals surface area (Å²) in [5.74, 6) is -0.0763. The van der Waals surface area contributed by atoms with Crippen molar-refractivity contribution in [3.63, 3.8) is 0 Å². The summed E-state index contributed by atoms with van der Waals surface area (Å²) >= 11 is 0. The SMILES string of the molecule is N#CC1(NC(=O)C(CC2CCCCC2)NC(=O)N2CCOCC2)CCN(C(=O)O)C1. The first kappa shape index (κ1) is 22.2. The number of hydrogen-bond acceptors (Lipinski definition) is 5. The van der Waals surface area contributed by atoms with E-state index in [0.29, 0.717) is 38.6 Å². The Bertz CT molecular complexity index is 684. The highest BCUT2D eigenvalue weighted by molar-refractivity contribution is 5.88. The summed E-state index contributed by atoms with van der Waals surface area (Å²) in [6, 6.07) is 1.03. The van der Waals surface area contributed by atoms with Crippen LogP contribution in [0, 0.1) is 17.2 Å². The fourth-order valence-electron chi connectivity index (χ4n) is 4.51. The number of carboxylic acid groups (broad SMARTS) is 1. The number of carbonyl (C=O) groups is 3. The van der Waals surface area contributed by atoms with Crippen molar-refractivity contribution in [2.45, 2.75) is 56.5 Å². The summed E-state index contributed by atoms with van der Waals surface area (Å²) < 4.78 is 5.28. The minimum Gasteiger partial charge on any atom is -0.465 e. The van der Waals surface area contributed by atoms with E-state index in [4.69, 9.17) is 4.74 Å². The Hall–Kier alpha value is -2.54. The number of ether oxygens (including phenoxy) is 1. The number of urea groups is 1. The Kier molecular flexibility index (Phi) is 7.37. The Morgan fingerprint density at radius 1 is 1.13 bits per heavy atom. The number of nitrogens with zero attached hydrogens (tertiary/aromatic N) is 3. The van der Waals surface area contributed by atoms with Crippen LogP contribution >= 0.6 is 0 Å². The van der Waals surface area contributed by atoms with Gasteiger partial charge >= 0.3 is 12.1 Å². The van der Waals surface area contributed by atoms with Crippen molar-refractivity contribution in [1.82, 2.24) is 20.4 Å². The molecule has 0 aromatic heterocycles. The van der Waals surface area contributed by atoms with E-state index in [-0.39, 0.29) is 25.5 Å². The van der Waals surface area contributed by atoms with Crippen LogP contribution < -0.4 is 10.6 Å². The minimum absolute atomic E-state index is 0.0713. The number of rotatable bonds is 5. The average Bonchev–Trinajstić information content (AvgIpc) is 3.19. The molecule has 10 nitrogen and oxygen atoms in total. The van der Waals surface area contributed by atoms with Crippen molar-refractivity contribution in [2.24, 2.45) is 5.92 Å². The third-order valence-corrected chi connectivity index (χ3v) is 6.32. The standard InChI is InChI=1S/C20H31N5O5/c21-13-20(6-7-25(14-20)19(28)29)23-17(26)16(12-15-4-2-1-3-5-15)22-18(27)24-8-10-30-11-9-24/h15-16H,1-12,14H2,(H,22,27)(H,23,26)(H,28,29). The molecule has 0 radical (unpaired) electrons. The second kappa shape index (κ2) is 9.98. The number of nitrogens with one attached hydrogen (secondary N) is 2. The van der Waals surface area contributed by atoms with E-state index in [0.717, 1.165) is 30.6 Å². The molecule has 3 fully saturated rings. The van der Waals surface area contributed by atoms with E-state index in [9.17, 15) is 24.8 Å². The van der Waals surface area contributed by atoms with Crippen molar-refractivity contribution in [3.8, 4) is 6.07 Å². The number of amides is 4. The molecule has 2 heterocycles. The summed E-state index contributed by atoms with van der Waals surface area (Å²) in [5.41, 5.74) is -1.26. The van der Waals surface area contributed by atoms with Crippen LogP contribution in [0.15, 0.2) is 0 Å². The van der Waals surface area contributed by atoms with Crippen molar-refractivity contribution in [2.75, 3.05) is 39.4 Å². The first-order chi connectivity index (χ1) is 14.4. The summed E-state index contributed by atoms with van der Waals surface area (Å²) in [5, 5.41) is 24.5. The molecule has 1 aliphatic carbocycles. The lowest BCUT2D eigenvalue weighted by molar-refractivity contribution is -0.124. The van der Waals surface area contributed by atoms with Crippen LogP contribution in [0.3, 0.4) is 0 Å². The first-order valence-corrected chi connectivity index (χ1v) is 10.8. The number of nitriles is 1. The van der Waals surface area contributed by atoms with Crippen LogP contribution in [0.25, 0.3) is 0 Å². The molecule has 1 saturated carbocycles. The molecular weight excluding hydrogens is 390 g/mol. The molecule has 0 aromatic carbocycles. The Morgan fingerprint density at radius 2 is 1.83 bits per heavy atom. The average molecular weight is 421 g/mol. The Morgan fingerprint density at radius 3 is 2.43 bits per heavy atom. The molecule has 30 heavy (non-hydrogen) atoms. The second-order valence-electron chi connectivity index (χ2n) is 8.48. The zero-order valence-electron chi connectivity index (χ0n) is 17.3. The molecule has 2 aliphatic heterocycles. The van der Waals surface area contributed by atoms with Crippen LogP contribution in [-0.4, -0.2) is 83.9 Å². The van der Waals surface area contributed by atoms with Gasteiger partial charge in [-0.1, -0.05) is 32.1 Å². The molecule has 166 valence electrons. The lowest BCUT2D eigenvalue weighted by atomic mass is 9.84. The van der Waals surface area contributed by atoms with Crippen LogP contribution in [-0.2, 0) is 9.53 Å². The van der Waals surface area contributed by atoms with Gasteiger partial charge in [0, 0.05) is 26.1 Å². The number of hydrogen-bond donors (Lipinski definition) is 3. The fraction of sp³-hybridized carbons (Fsp3) is 0.800. The van der Waals surface area contributed by atoms with E-state index in [1.54, 1.807) is 4.90 Å². The fourth-order valence-corrected chi connectivity index (χ4v) is 4.51. The van der Waals surface area contributed by atoms with Gasteiger partial charge in [-0.2, -0.15) is 5.26 Å². The third-order valence-electron chi connectivity index (χ3n) is 6.32. The smallest absolute Gasteiger partial charge is 0.407 e. The molecule has 3 aliphatic rings. The molecular formula is C20H31N5O5. The molecule has 0 spiro atoms. The van der Waals surface area contributed by atoms with Gasteiger partial charge in [-0.3, -0.25) is 4.79 Å². The number of carbonyl (C=O) groups excluding carboxylic acids is 2. The maximum absolute atomic E-state index is 13.1. The Balaban J connectivity index is 1.67. The van der Waals surface area contributed by atoms with E-state index in [1.807, 2.05) is 0 Å². The topological polar surface area (TPSA) is 135 Å². The molecule has 0 bridgehead atoms. The van der Waals surface area contributed by atoms with Gasteiger partial charge in [-0.25, -0.2) is 9.59 Å². The molecule has 2 saturated heterocycles. The van der Waals surface area contributed by atoms with Gasteiger partial charge in [0.15, 0.2) is 0 Å². The van der Waals surface area contributed by atoms with Gasteiger partial charge in [0.2, 0.25) is 5.91 Å². The molecule has 3 rings (SSSR count). The minimum atomic E-state index is -1.26. The predicted molar refractivity (Wildman–Crippen MR) is 107 cm³/mol. The number of morpholine rings is 1. The molecule has 4 amide bonds. The van der Waals surface area contributed by atoms with Crippen molar-refractivity contribution < 1.29 is 24.2 Å². The zero-order chi connectivity index (χ0) is 21.6. The van der Waals surface area contributed by atoms with Gasteiger partial charge < -0.3 is 30.3 Å². The van der Waals surface area contributed by atoms with Gasteiger partial charge in [-0.15, -0.1) is 0 Å². The molecule has 0 aromatic rings. The summed E-state index contributed by atoms with van der Waals surface area (Å²) in [7, 11) is 0. The van der Waals surface area contributed by atoms with Crippen LogP contribution in [0.5, 0.6) is 0 Å². The lowest BCUT2D eigenvalue weighted by Gasteiger charge is -2.32. The molecule has 3 N–H and O–H groups in total. The van der Waals surface area contributed by atoms with Crippen LogP contribution in [0.1, 0.15) is 44.9 Å². The monoisotopic (exact) mass is 421 g/mol. The predicted octanol–water partition coefficient (Wildman–Crippen LogP) is 1.13. The summed E-state index contributed by atoms with van der Waals surface area (Å²) in [6.07, 6.45) is 5.11.